The maximum atomic E-state index is 13.2. The van der Waals surface area contributed by atoms with Gasteiger partial charge < -0.3 is 15.1 Å². The van der Waals surface area contributed by atoms with E-state index in [0.717, 1.165) is 29.1 Å². The highest BCUT2D eigenvalue weighted by atomic mass is 19.1. The summed E-state index contributed by atoms with van der Waals surface area (Å²) in [6.07, 6.45) is 4.68. The number of halogens is 1. The van der Waals surface area contributed by atoms with Crippen LogP contribution in [0.15, 0.2) is 36.2 Å². The van der Waals surface area contributed by atoms with Crippen LogP contribution in [-0.2, 0) is 6.42 Å². The molecule has 1 N–H and O–H groups in total. The van der Waals surface area contributed by atoms with Crippen molar-refractivity contribution in [3.63, 3.8) is 0 Å². The van der Waals surface area contributed by atoms with Gasteiger partial charge in [0, 0.05) is 31.6 Å². The molecule has 2 aliphatic rings. The minimum atomic E-state index is -0.375. The van der Waals surface area contributed by atoms with Gasteiger partial charge in [0.2, 0.25) is 0 Å². The first-order chi connectivity index (χ1) is 14.2. The number of amides is 2. The van der Waals surface area contributed by atoms with Crippen molar-refractivity contribution in [2.75, 3.05) is 24.5 Å². The monoisotopic (exact) mass is 409 g/mol. The summed E-state index contributed by atoms with van der Waals surface area (Å²) in [6, 6.07) is 5.92. The molecule has 30 heavy (non-hydrogen) atoms. The summed E-state index contributed by atoms with van der Waals surface area (Å²) >= 11 is 0. The lowest BCUT2D eigenvalue weighted by Crippen LogP contribution is -2.63. The van der Waals surface area contributed by atoms with E-state index in [1.165, 1.54) is 17.7 Å². The number of benzene rings is 1. The largest absolute Gasteiger partial charge is 0.352 e. The molecule has 1 aromatic carbocycles. The van der Waals surface area contributed by atoms with Crippen molar-refractivity contribution >= 4 is 17.9 Å². The second-order valence-electron chi connectivity index (χ2n) is 8.83. The predicted molar refractivity (Wildman–Crippen MR) is 116 cm³/mol. The molecule has 0 saturated carbocycles. The summed E-state index contributed by atoms with van der Waals surface area (Å²) < 4.78 is 13.2. The van der Waals surface area contributed by atoms with Gasteiger partial charge in [0.15, 0.2) is 0 Å². The summed E-state index contributed by atoms with van der Waals surface area (Å²) in [5, 5.41) is 3.05. The number of urea groups is 1. The lowest BCUT2D eigenvalue weighted by atomic mass is 9.98. The van der Waals surface area contributed by atoms with Crippen molar-refractivity contribution in [2.45, 2.75) is 45.7 Å². The van der Waals surface area contributed by atoms with Gasteiger partial charge in [0.1, 0.15) is 18.0 Å². The van der Waals surface area contributed by atoms with E-state index in [1.807, 2.05) is 11.8 Å². The van der Waals surface area contributed by atoms with Crippen LogP contribution >= 0.6 is 0 Å². The number of hydrogen-bond donors (Lipinski definition) is 1. The molecule has 1 saturated heterocycles. The Labute approximate surface area is 176 Å². The smallest absolute Gasteiger partial charge is 0.318 e. The Balaban J connectivity index is 1.46. The quantitative estimate of drug-likeness (QED) is 0.834. The maximum Gasteiger partial charge on any atom is 0.318 e. The van der Waals surface area contributed by atoms with E-state index in [9.17, 15) is 9.18 Å². The number of piperazine rings is 1. The molecule has 2 heterocycles. The average molecular weight is 410 g/mol. The number of hydrogen-bond acceptors (Lipinski definition) is 4. The van der Waals surface area contributed by atoms with Crippen LogP contribution in [0.4, 0.5) is 15.0 Å². The Hall–Kier alpha value is -2.96. The zero-order valence-corrected chi connectivity index (χ0v) is 17.9. The van der Waals surface area contributed by atoms with Crippen LogP contribution in [0.2, 0.25) is 0 Å². The summed E-state index contributed by atoms with van der Waals surface area (Å²) in [7, 11) is 0. The predicted octanol–water partition coefficient (Wildman–Crippen LogP) is 3.95. The van der Waals surface area contributed by atoms with Gasteiger partial charge in [-0.25, -0.2) is 19.2 Å². The van der Waals surface area contributed by atoms with E-state index in [4.69, 9.17) is 0 Å². The average Bonchev–Trinajstić information content (AvgIpc) is 3.07. The number of carbonyl (C=O) groups excluding carboxylic acids is 1. The Kier molecular flexibility index (Phi) is 5.22. The molecule has 6 nitrogen and oxygen atoms in total. The first-order valence-corrected chi connectivity index (χ1v) is 10.3. The molecule has 1 atom stereocenters. The van der Waals surface area contributed by atoms with Gasteiger partial charge in [-0.1, -0.05) is 23.8 Å². The SMILES string of the molecule is CC1=Cc2c(ncnc2N2CCN(C(=O)N[C@@H](C)c3ccc(F)cc3)C(C)(C)C2)C1. The third-order valence-electron chi connectivity index (χ3n) is 5.94. The summed E-state index contributed by atoms with van der Waals surface area (Å²) in [4.78, 5) is 26.1. The van der Waals surface area contributed by atoms with Gasteiger partial charge in [-0.2, -0.15) is 0 Å². The van der Waals surface area contributed by atoms with Crippen LogP contribution in [0.25, 0.3) is 6.08 Å². The van der Waals surface area contributed by atoms with Gasteiger partial charge in [-0.05, 0) is 45.4 Å². The van der Waals surface area contributed by atoms with Gasteiger partial charge >= 0.3 is 6.03 Å². The Bertz CT molecular complexity index is 986. The number of nitrogens with zero attached hydrogens (tertiary/aromatic N) is 4. The molecule has 0 bridgehead atoms. The number of aromatic nitrogens is 2. The maximum absolute atomic E-state index is 13.2. The zero-order valence-electron chi connectivity index (χ0n) is 17.9. The number of allylic oxidation sites excluding steroid dienone is 1. The van der Waals surface area contributed by atoms with E-state index < -0.39 is 0 Å². The van der Waals surface area contributed by atoms with E-state index in [0.29, 0.717) is 19.6 Å². The summed E-state index contributed by atoms with van der Waals surface area (Å²) in [5.74, 6) is 0.667. The molecule has 0 spiro atoms. The van der Waals surface area contributed by atoms with Crippen LogP contribution in [0.5, 0.6) is 0 Å². The molecule has 158 valence electrons. The fourth-order valence-electron chi connectivity index (χ4n) is 4.33. The molecule has 1 aliphatic carbocycles. The number of fused-ring (bicyclic) bond motifs is 1. The van der Waals surface area contributed by atoms with E-state index in [2.05, 4.69) is 47.0 Å². The fraction of sp³-hybridized carbons (Fsp3) is 0.435. The lowest BCUT2D eigenvalue weighted by molar-refractivity contribution is 0.121. The van der Waals surface area contributed by atoms with Crippen molar-refractivity contribution in [3.05, 3.63) is 58.8 Å². The highest BCUT2D eigenvalue weighted by Gasteiger charge is 2.38. The molecular weight excluding hydrogens is 381 g/mol. The van der Waals surface area contributed by atoms with Gasteiger partial charge in [0.25, 0.3) is 0 Å². The number of rotatable bonds is 3. The third kappa shape index (κ3) is 3.88. The minimum Gasteiger partial charge on any atom is -0.352 e. The molecule has 1 fully saturated rings. The molecule has 4 rings (SSSR count). The minimum absolute atomic E-state index is 0.111. The number of nitrogens with one attached hydrogen (secondary N) is 1. The van der Waals surface area contributed by atoms with Crippen LogP contribution in [0, 0.1) is 5.82 Å². The standard InChI is InChI=1S/C23H28FN5O/c1-15-11-19-20(12-15)25-14-26-21(19)28-9-10-29(23(3,4)13-28)22(30)27-16(2)17-5-7-18(24)8-6-17/h5-8,11,14,16H,9-10,12-13H2,1-4H3,(H,27,30)/t16-/m0/s1. The molecule has 2 amide bonds. The second kappa shape index (κ2) is 7.70. The van der Waals surface area contributed by atoms with E-state index in [1.54, 1.807) is 18.5 Å². The van der Waals surface area contributed by atoms with E-state index in [-0.39, 0.29) is 23.4 Å². The number of anilines is 1. The Morgan fingerprint density at radius 3 is 2.63 bits per heavy atom. The first-order valence-electron chi connectivity index (χ1n) is 10.3. The van der Waals surface area contributed by atoms with Gasteiger partial charge in [-0.3, -0.25) is 0 Å². The topological polar surface area (TPSA) is 61.4 Å². The van der Waals surface area contributed by atoms with Crippen LogP contribution in [0.3, 0.4) is 0 Å². The van der Waals surface area contributed by atoms with Gasteiger partial charge in [0.05, 0.1) is 17.3 Å². The summed E-state index contributed by atoms with van der Waals surface area (Å²) in [6.45, 7) is 10.1. The molecule has 0 unspecified atom stereocenters. The van der Waals surface area contributed by atoms with Crippen LogP contribution in [0.1, 0.15) is 50.6 Å². The lowest BCUT2D eigenvalue weighted by Gasteiger charge is -2.47. The van der Waals surface area contributed by atoms with Crippen molar-refractivity contribution in [3.8, 4) is 0 Å². The second-order valence-corrected chi connectivity index (χ2v) is 8.83. The highest BCUT2D eigenvalue weighted by Crippen LogP contribution is 2.33. The molecule has 1 aliphatic heterocycles. The zero-order chi connectivity index (χ0) is 21.5. The van der Waals surface area contributed by atoms with Gasteiger partial charge in [-0.15, -0.1) is 0 Å². The normalized spacial score (nSPS) is 18.6. The van der Waals surface area contributed by atoms with Crippen LogP contribution in [-0.4, -0.2) is 46.1 Å². The Morgan fingerprint density at radius 2 is 1.93 bits per heavy atom. The molecule has 0 radical (unpaired) electrons. The highest BCUT2D eigenvalue weighted by molar-refractivity contribution is 5.77. The van der Waals surface area contributed by atoms with E-state index >= 15 is 0 Å². The molecule has 7 heteroatoms. The van der Waals surface area contributed by atoms with Crippen molar-refractivity contribution < 1.29 is 9.18 Å². The Morgan fingerprint density at radius 1 is 1.20 bits per heavy atom. The van der Waals surface area contributed by atoms with Crippen LogP contribution < -0.4 is 10.2 Å². The van der Waals surface area contributed by atoms with Crippen molar-refractivity contribution in [2.24, 2.45) is 0 Å². The third-order valence-corrected chi connectivity index (χ3v) is 5.94. The fourth-order valence-corrected chi connectivity index (χ4v) is 4.33. The summed E-state index contributed by atoms with van der Waals surface area (Å²) in [5.41, 5.74) is 3.97. The van der Waals surface area contributed by atoms with Crippen molar-refractivity contribution in [1.82, 2.24) is 20.2 Å². The first kappa shape index (κ1) is 20.3. The molecular formula is C23H28FN5O. The number of carbonyl (C=O) groups is 1. The van der Waals surface area contributed by atoms with Crippen molar-refractivity contribution in [1.29, 1.82) is 0 Å². The molecule has 1 aromatic heterocycles. The molecule has 2 aromatic rings.